The summed E-state index contributed by atoms with van der Waals surface area (Å²) in [4.78, 5) is 20.7. The lowest BCUT2D eigenvalue weighted by molar-refractivity contribution is 0.318. The minimum atomic E-state index is -0.126. The number of fused-ring (bicyclic) bond motifs is 1. The van der Waals surface area contributed by atoms with E-state index in [0.29, 0.717) is 17.9 Å². The van der Waals surface area contributed by atoms with E-state index in [-0.39, 0.29) is 5.56 Å². The van der Waals surface area contributed by atoms with Crippen molar-refractivity contribution < 1.29 is 0 Å². The second-order valence-corrected chi connectivity index (χ2v) is 4.55. The molecule has 2 aliphatic rings. The average Bonchev–Trinajstić information content (AvgIpc) is 2.86. The van der Waals surface area contributed by atoms with E-state index in [1.807, 2.05) is 0 Å². The molecule has 0 aromatic carbocycles. The zero-order valence-corrected chi connectivity index (χ0v) is 9.15. The molecule has 0 aliphatic carbocycles. The third-order valence-electron chi connectivity index (χ3n) is 3.64. The standard InChI is InChI=1S/C11H16N4O/c16-11-10(12-4-5-13-11)14-8-3-7-15-6-1-2-9(8)15/h4-5,8-9H,1-3,6-7H2,(H,12,14)(H,13,16). The minimum Gasteiger partial charge on any atom is -0.361 e. The van der Waals surface area contributed by atoms with Crippen LogP contribution in [0.5, 0.6) is 0 Å². The van der Waals surface area contributed by atoms with Crippen LogP contribution in [0.25, 0.3) is 0 Å². The van der Waals surface area contributed by atoms with Gasteiger partial charge in [0, 0.05) is 31.0 Å². The van der Waals surface area contributed by atoms with Crippen molar-refractivity contribution in [3.8, 4) is 0 Å². The zero-order valence-electron chi connectivity index (χ0n) is 9.15. The maximum Gasteiger partial charge on any atom is 0.290 e. The predicted octanol–water partition coefficient (Wildman–Crippen LogP) is 0.418. The van der Waals surface area contributed by atoms with E-state index in [4.69, 9.17) is 0 Å². The molecule has 1 aromatic heterocycles. The van der Waals surface area contributed by atoms with Gasteiger partial charge in [-0.1, -0.05) is 0 Å². The summed E-state index contributed by atoms with van der Waals surface area (Å²) in [5.41, 5.74) is -0.126. The van der Waals surface area contributed by atoms with Crippen LogP contribution < -0.4 is 10.9 Å². The maximum atomic E-state index is 11.5. The van der Waals surface area contributed by atoms with Gasteiger partial charge in [-0.05, 0) is 25.8 Å². The summed E-state index contributed by atoms with van der Waals surface area (Å²) in [6.45, 7) is 2.36. The van der Waals surface area contributed by atoms with Crippen LogP contribution in [0.3, 0.4) is 0 Å². The molecule has 2 saturated heterocycles. The molecular formula is C11H16N4O. The molecule has 0 amide bonds. The number of nitrogens with one attached hydrogen (secondary N) is 2. The molecule has 86 valence electrons. The van der Waals surface area contributed by atoms with Gasteiger partial charge in [-0.15, -0.1) is 0 Å². The minimum absolute atomic E-state index is 0.126. The third kappa shape index (κ3) is 1.61. The summed E-state index contributed by atoms with van der Waals surface area (Å²) in [5, 5.41) is 3.28. The second-order valence-electron chi connectivity index (χ2n) is 4.55. The van der Waals surface area contributed by atoms with Crippen LogP contribution in [0.4, 0.5) is 5.82 Å². The smallest absolute Gasteiger partial charge is 0.290 e. The highest BCUT2D eigenvalue weighted by molar-refractivity contribution is 5.33. The molecule has 2 atom stereocenters. The molecule has 3 heterocycles. The number of H-pyrrole nitrogens is 1. The van der Waals surface area contributed by atoms with Crippen LogP contribution in [0, 0.1) is 0 Å². The van der Waals surface area contributed by atoms with Gasteiger partial charge in [0.15, 0.2) is 5.82 Å². The summed E-state index contributed by atoms with van der Waals surface area (Å²) in [6.07, 6.45) is 6.81. The van der Waals surface area contributed by atoms with Gasteiger partial charge in [0.1, 0.15) is 0 Å². The normalized spacial score (nSPS) is 29.2. The summed E-state index contributed by atoms with van der Waals surface area (Å²) in [6, 6.07) is 0.986. The van der Waals surface area contributed by atoms with E-state index in [9.17, 15) is 4.79 Å². The highest BCUT2D eigenvalue weighted by atomic mass is 16.1. The van der Waals surface area contributed by atoms with Crippen LogP contribution >= 0.6 is 0 Å². The van der Waals surface area contributed by atoms with Crippen molar-refractivity contribution >= 4 is 5.82 Å². The molecule has 1 aromatic rings. The molecule has 2 unspecified atom stereocenters. The van der Waals surface area contributed by atoms with E-state index in [0.717, 1.165) is 13.0 Å². The Kier molecular flexibility index (Phi) is 2.40. The molecule has 2 N–H and O–H groups in total. The first-order valence-corrected chi connectivity index (χ1v) is 5.89. The summed E-state index contributed by atoms with van der Waals surface area (Å²) in [5.74, 6) is 0.459. The first-order valence-electron chi connectivity index (χ1n) is 5.89. The maximum absolute atomic E-state index is 11.5. The molecule has 0 spiro atoms. The van der Waals surface area contributed by atoms with E-state index in [2.05, 4.69) is 20.2 Å². The number of aromatic amines is 1. The van der Waals surface area contributed by atoms with Crippen LogP contribution in [0.1, 0.15) is 19.3 Å². The van der Waals surface area contributed by atoms with Crippen LogP contribution in [0.2, 0.25) is 0 Å². The highest BCUT2D eigenvalue weighted by Gasteiger charge is 2.37. The molecule has 0 radical (unpaired) electrons. The summed E-state index contributed by atoms with van der Waals surface area (Å²) >= 11 is 0. The van der Waals surface area contributed by atoms with Crippen molar-refractivity contribution in [2.24, 2.45) is 0 Å². The van der Waals surface area contributed by atoms with Gasteiger partial charge in [0.25, 0.3) is 5.56 Å². The first kappa shape index (κ1) is 9.84. The van der Waals surface area contributed by atoms with Gasteiger partial charge in [0.05, 0.1) is 0 Å². The highest BCUT2D eigenvalue weighted by Crippen LogP contribution is 2.29. The SMILES string of the molecule is O=c1[nH]ccnc1NC1CCN2CCCC12. The van der Waals surface area contributed by atoms with Gasteiger partial charge in [-0.2, -0.15) is 0 Å². The van der Waals surface area contributed by atoms with Crippen molar-refractivity contribution in [3.63, 3.8) is 0 Å². The average molecular weight is 220 g/mol. The Morgan fingerprint density at radius 1 is 1.44 bits per heavy atom. The topological polar surface area (TPSA) is 61.0 Å². The van der Waals surface area contributed by atoms with Crippen molar-refractivity contribution in [1.82, 2.24) is 14.9 Å². The Bertz CT molecular complexity index is 430. The number of rotatable bonds is 2. The lowest BCUT2D eigenvalue weighted by Gasteiger charge is -2.21. The van der Waals surface area contributed by atoms with Crippen molar-refractivity contribution in [1.29, 1.82) is 0 Å². The van der Waals surface area contributed by atoms with Gasteiger partial charge in [0.2, 0.25) is 0 Å². The van der Waals surface area contributed by atoms with Crippen molar-refractivity contribution in [3.05, 3.63) is 22.7 Å². The predicted molar refractivity (Wildman–Crippen MR) is 61.5 cm³/mol. The molecule has 2 fully saturated rings. The molecule has 0 saturated carbocycles. The quantitative estimate of drug-likeness (QED) is 0.758. The molecule has 2 aliphatic heterocycles. The van der Waals surface area contributed by atoms with E-state index < -0.39 is 0 Å². The Hall–Kier alpha value is -1.36. The van der Waals surface area contributed by atoms with Gasteiger partial charge in [-0.25, -0.2) is 4.98 Å². The largest absolute Gasteiger partial charge is 0.361 e. The Labute approximate surface area is 93.9 Å². The molecule has 16 heavy (non-hydrogen) atoms. The lowest BCUT2D eigenvalue weighted by Crippen LogP contribution is -2.35. The molecular weight excluding hydrogens is 204 g/mol. The van der Waals surface area contributed by atoms with E-state index >= 15 is 0 Å². The Morgan fingerprint density at radius 3 is 3.25 bits per heavy atom. The number of hydrogen-bond acceptors (Lipinski definition) is 4. The van der Waals surface area contributed by atoms with Gasteiger partial charge in [-0.3, -0.25) is 9.69 Å². The number of aromatic nitrogens is 2. The van der Waals surface area contributed by atoms with Gasteiger partial charge < -0.3 is 10.3 Å². The molecule has 5 nitrogen and oxygen atoms in total. The van der Waals surface area contributed by atoms with Crippen LogP contribution in [-0.2, 0) is 0 Å². The zero-order chi connectivity index (χ0) is 11.0. The second kappa shape index (κ2) is 3.90. The Balaban J connectivity index is 1.76. The molecule has 0 bridgehead atoms. The number of anilines is 1. The lowest BCUT2D eigenvalue weighted by atomic mass is 10.1. The Morgan fingerprint density at radius 2 is 2.38 bits per heavy atom. The molecule has 5 heteroatoms. The fourth-order valence-corrected chi connectivity index (χ4v) is 2.88. The fraction of sp³-hybridized carbons (Fsp3) is 0.636. The fourth-order valence-electron chi connectivity index (χ4n) is 2.88. The van der Waals surface area contributed by atoms with Crippen LogP contribution in [0.15, 0.2) is 17.2 Å². The van der Waals surface area contributed by atoms with Crippen LogP contribution in [-0.4, -0.2) is 40.0 Å². The number of hydrogen-bond donors (Lipinski definition) is 2. The summed E-state index contributed by atoms with van der Waals surface area (Å²) < 4.78 is 0. The molecule has 3 rings (SSSR count). The van der Waals surface area contributed by atoms with Crippen molar-refractivity contribution in [2.75, 3.05) is 18.4 Å². The third-order valence-corrected chi connectivity index (χ3v) is 3.64. The van der Waals surface area contributed by atoms with E-state index in [1.165, 1.54) is 19.4 Å². The van der Waals surface area contributed by atoms with Gasteiger partial charge >= 0.3 is 0 Å². The summed E-state index contributed by atoms with van der Waals surface area (Å²) in [7, 11) is 0. The first-order chi connectivity index (χ1) is 7.84. The number of nitrogens with zero attached hydrogens (tertiary/aromatic N) is 2. The van der Waals surface area contributed by atoms with E-state index in [1.54, 1.807) is 12.4 Å². The monoisotopic (exact) mass is 220 g/mol. The van der Waals surface area contributed by atoms with Crippen molar-refractivity contribution in [2.45, 2.75) is 31.3 Å².